The maximum Gasteiger partial charge on any atom is 0.183 e. The lowest BCUT2D eigenvalue weighted by atomic mass is 10.1. The highest BCUT2D eigenvalue weighted by atomic mass is 16.7. The number of aliphatic hydroxyl groups is 2. The lowest BCUT2D eigenvalue weighted by Crippen LogP contribution is -2.48. The first-order valence-corrected chi connectivity index (χ1v) is 5.95. The maximum absolute atomic E-state index is 9.68. The van der Waals surface area contributed by atoms with Gasteiger partial charge in [-0.1, -0.05) is 0 Å². The molecule has 16 heavy (non-hydrogen) atoms. The Hall–Kier alpha value is -0.200. The van der Waals surface area contributed by atoms with Crippen molar-refractivity contribution in [1.29, 1.82) is 0 Å². The molecule has 0 saturated carbocycles. The molecule has 2 saturated heterocycles. The van der Waals surface area contributed by atoms with E-state index in [1.807, 2.05) is 6.92 Å². The van der Waals surface area contributed by atoms with Gasteiger partial charge in [0.1, 0.15) is 6.10 Å². The third kappa shape index (κ3) is 2.93. The molecule has 2 aliphatic rings. The molecule has 0 aromatic carbocycles. The molecule has 0 spiro atoms. The van der Waals surface area contributed by atoms with E-state index in [4.69, 9.17) is 14.2 Å². The van der Waals surface area contributed by atoms with Crippen LogP contribution in [0.3, 0.4) is 0 Å². The molecule has 0 aromatic heterocycles. The first-order chi connectivity index (χ1) is 7.66. The van der Waals surface area contributed by atoms with Gasteiger partial charge in [-0.3, -0.25) is 0 Å². The highest BCUT2D eigenvalue weighted by Crippen LogP contribution is 2.24. The highest BCUT2D eigenvalue weighted by Gasteiger charge is 2.34. The summed E-state index contributed by atoms with van der Waals surface area (Å²) in [6.45, 7) is 2.43. The summed E-state index contributed by atoms with van der Waals surface area (Å²) >= 11 is 0. The van der Waals surface area contributed by atoms with Gasteiger partial charge in [-0.25, -0.2) is 0 Å². The normalized spacial score (nSPS) is 45.6. The van der Waals surface area contributed by atoms with Gasteiger partial charge in [0, 0.05) is 0 Å². The Morgan fingerprint density at radius 1 is 1.19 bits per heavy atom. The van der Waals surface area contributed by atoms with E-state index in [-0.39, 0.29) is 18.5 Å². The topological polar surface area (TPSA) is 68.2 Å². The molecule has 2 rings (SSSR count). The van der Waals surface area contributed by atoms with Crippen molar-refractivity contribution in [2.75, 3.05) is 6.61 Å². The van der Waals surface area contributed by atoms with Crippen LogP contribution in [0.5, 0.6) is 0 Å². The highest BCUT2D eigenvalue weighted by molar-refractivity contribution is 4.77. The smallest absolute Gasteiger partial charge is 0.183 e. The Bertz CT molecular complexity index is 222. The summed E-state index contributed by atoms with van der Waals surface area (Å²) in [5.74, 6) is 0. The van der Waals surface area contributed by atoms with Crippen LogP contribution in [0.4, 0.5) is 0 Å². The Labute approximate surface area is 95.3 Å². The lowest BCUT2D eigenvalue weighted by molar-refractivity contribution is -0.278. The van der Waals surface area contributed by atoms with Crippen LogP contribution in [0.2, 0.25) is 0 Å². The molecule has 2 fully saturated rings. The fourth-order valence-corrected chi connectivity index (χ4v) is 2.17. The standard InChI is InChI=1S/C11H20O5/c1-7-3-2-4-9(15-7)16-8-5-6-14-11(13)10(8)12/h7-13H,2-6H2,1H3/t7-,8-,9-,10+,11?/m0/s1. The maximum atomic E-state index is 9.68. The minimum Gasteiger partial charge on any atom is -0.385 e. The predicted octanol–water partition coefficient (Wildman–Crippen LogP) is 0.386. The second-order valence-electron chi connectivity index (χ2n) is 4.52. The molecule has 2 aliphatic heterocycles. The van der Waals surface area contributed by atoms with Gasteiger partial charge < -0.3 is 24.4 Å². The molecular formula is C11H20O5. The van der Waals surface area contributed by atoms with E-state index in [9.17, 15) is 10.2 Å². The molecule has 94 valence electrons. The van der Waals surface area contributed by atoms with Gasteiger partial charge in [0.2, 0.25) is 0 Å². The summed E-state index contributed by atoms with van der Waals surface area (Å²) < 4.78 is 16.2. The molecule has 5 nitrogen and oxygen atoms in total. The third-order valence-corrected chi connectivity index (χ3v) is 3.13. The second kappa shape index (κ2) is 5.42. The number of hydrogen-bond acceptors (Lipinski definition) is 5. The van der Waals surface area contributed by atoms with E-state index in [2.05, 4.69) is 0 Å². The van der Waals surface area contributed by atoms with Crippen LogP contribution in [0.15, 0.2) is 0 Å². The largest absolute Gasteiger partial charge is 0.385 e. The average molecular weight is 232 g/mol. The van der Waals surface area contributed by atoms with Crippen molar-refractivity contribution in [3.63, 3.8) is 0 Å². The average Bonchev–Trinajstić information content (AvgIpc) is 2.25. The van der Waals surface area contributed by atoms with Gasteiger partial charge in [0.05, 0.1) is 18.8 Å². The minimum atomic E-state index is -1.14. The van der Waals surface area contributed by atoms with E-state index in [1.165, 1.54) is 0 Å². The zero-order valence-electron chi connectivity index (χ0n) is 9.54. The summed E-state index contributed by atoms with van der Waals surface area (Å²) in [4.78, 5) is 0. The van der Waals surface area contributed by atoms with E-state index >= 15 is 0 Å². The van der Waals surface area contributed by atoms with Crippen molar-refractivity contribution in [1.82, 2.24) is 0 Å². The van der Waals surface area contributed by atoms with Crippen molar-refractivity contribution in [3.05, 3.63) is 0 Å². The quantitative estimate of drug-likeness (QED) is 0.720. The molecule has 2 heterocycles. The Morgan fingerprint density at radius 3 is 2.75 bits per heavy atom. The molecule has 5 heteroatoms. The fraction of sp³-hybridized carbons (Fsp3) is 1.00. The number of rotatable bonds is 2. The predicted molar refractivity (Wildman–Crippen MR) is 55.6 cm³/mol. The molecule has 0 aromatic rings. The zero-order valence-corrected chi connectivity index (χ0v) is 9.54. The molecule has 1 unspecified atom stereocenters. The fourth-order valence-electron chi connectivity index (χ4n) is 2.17. The molecule has 0 bridgehead atoms. The zero-order chi connectivity index (χ0) is 11.5. The Kier molecular flexibility index (Phi) is 4.16. The summed E-state index contributed by atoms with van der Waals surface area (Å²) in [7, 11) is 0. The van der Waals surface area contributed by atoms with Crippen LogP contribution >= 0.6 is 0 Å². The lowest BCUT2D eigenvalue weighted by Gasteiger charge is -2.36. The molecule has 0 radical (unpaired) electrons. The van der Waals surface area contributed by atoms with Crippen LogP contribution < -0.4 is 0 Å². The minimum absolute atomic E-state index is 0.209. The second-order valence-corrected chi connectivity index (χ2v) is 4.52. The van der Waals surface area contributed by atoms with Crippen molar-refractivity contribution in [3.8, 4) is 0 Å². The van der Waals surface area contributed by atoms with Crippen LogP contribution in [-0.2, 0) is 14.2 Å². The van der Waals surface area contributed by atoms with Gasteiger partial charge in [-0.05, 0) is 32.6 Å². The number of aliphatic hydroxyl groups excluding tert-OH is 2. The molecule has 0 amide bonds. The summed E-state index contributed by atoms with van der Waals surface area (Å²) in [5, 5.41) is 19.0. The Morgan fingerprint density at radius 2 is 2.00 bits per heavy atom. The molecular weight excluding hydrogens is 212 g/mol. The SMILES string of the molecule is C[C@H]1CCC[C@H](O[C@H]2CCOC(O)[C@@H]2O)O1. The summed E-state index contributed by atoms with van der Waals surface area (Å²) in [5.41, 5.74) is 0. The van der Waals surface area contributed by atoms with Crippen molar-refractivity contribution >= 4 is 0 Å². The Balaban J connectivity index is 1.83. The van der Waals surface area contributed by atoms with Gasteiger partial charge in [0.15, 0.2) is 12.6 Å². The van der Waals surface area contributed by atoms with E-state index in [0.717, 1.165) is 19.3 Å². The number of ether oxygens (including phenoxy) is 3. The van der Waals surface area contributed by atoms with Crippen molar-refractivity contribution in [2.24, 2.45) is 0 Å². The van der Waals surface area contributed by atoms with Crippen LogP contribution in [0.25, 0.3) is 0 Å². The number of hydrogen-bond donors (Lipinski definition) is 2. The van der Waals surface area contributed by atoms with E-state index < -0.39 is 12.4 Å². The molecule has 0 aliphatic carbocycles. The first kappa shape index (κ1) is 12.3. The monoisotopic (exact) mass is 232 g/mol. The van der Waals surface area contributed by atoms with Crippen LogP contribution in [-0.4, -0.2) is 47.7 Å². The van der Waals surface area contributed by atoms with Crippen molar-refractivity contribution < 1.29 is 24.4 Å². The van der Waals surface area contributed by atoms with Crippen molar-refractivity contribution in [2.45, 2.75) is 63.5 Å². The third-order valence-electron chi connectivity index (χ3n) is 3.13. The van der Waals surface area contributed by atoms with E-state index in [0.29, 0.717) is 13.0 Å². The van der Waals surface area contributed by atoms with Gasteiger partial charge in [0.25, 0.3) is 0 Å². The molecule has 2 N–H and O–H groups in total. The van der Waals surface area contributed by atoms with Gasteiger partial charge in [-0.15, -0.1) is 0 Å². The van der Waals surface area contributed by atoms with Crippen LogP contribution in [0.1, 0.15) is 32.6 Å². The van der Waals surface area contributed by atoms with Crippen LogP contribution in [0, 0.1) is 0 Å². The molecule has 5 atom stereocenters. The summed E-state index contributed by atoms with van der Waals surface area (Å²) in [6, 6.07) is 0. The van der Waals surface area contributed by atoms with Gasteiger partial charge in [-0.2, -0.15) is 0 Å². The first-order valence-electron chi connectivity index (χ1n) is 5.95. The van der Waals surface area contributed by atoms with E-state index in [1.54, 1.807) is 0 Å². The van der Waals surface area contributed by atoms with Gasteiger partial charge >= 0.3 is 0 Å². The summed E-state index contributed by atoms with van der Waals surface area (Å²) in [6.07, 6.45) is 1.02.